The van der Waals surface area contributed by atoms with Crippen LogP contribution >= 0.6 is 0 Å². The van der Waals surface area contributed by atoms with Crippen LogP contribution < -0.4 is 9.64 Å². The first kappa shape index (κ1) is 15.5. The van der Waals surface area contributed by atoms with Crippen LogP contribution in [0.25, 0.3) is 10.8 Å². The van der Waals surface area contributed by atoms with Crippen LogP contribution in [-0.2, 0) is 4.74 Å². The number of carbonyl (C=O) groups is 1. The van der Waals surface area contributed by atoms with E-state index < -0.39 is 0 Å². The molecular weight excluding hydrogens is 314 g/mol. The molecule has 0 aromatic heterocycles. The minimum atomic E-state index is -0.324. The van der Waals surface area contributed by atoms with Crippen molar-refractivity contribution in [3.05, 3.63) is 72.3 Å². The fourth-order valence-corrected chi connectivity index (χ4v) is 3.15. The SMILES string of the molecule is Cc1ccccc1OCC1CN(c2cccc3ccccc23)C(=O)O1. The van der Waals surface area contributed by atoms with Crippen LogP contribution in [0.3, 0.4) is 0 Å². The van der Waals surface area contributed by atoms with E-state index in [1.165, 1.54) is 0 Å². The Bertz CT molecular complexity index is 916. The number of carbonyl (C=O) groups excluding carboxylic acids is 1. The van der Waals surface area contributed by atoms with Gasteiger partial charge in [-0.15, -0.1) is 0 Å². The van der Waals surface area contributed by atoms with Gasteiger partial charge in [0.15, 0.2) is 6.10 Å². The highest BCUT2D eigenvalue weighted by molar-refractivity contribution is 6.02. The van der Waals surface area contributed by atoms with Gasteiger partial charge in [0, 0.05) is 5.39 Å². The average Bonchev–Trinajstić information content (AvgIpc) is 3.01. The summed E-state index contributed by atoms with van der Waals surface area (Å²) in [6.07, 6.45) is -0.610. The first-order valence-corrected chi connectivity index (χ1v) is 8.37. The van der Waals surface area contributed by atoms with Crippen LogP contribution in [0, 0.1) is 6.92 Å². The van der Waals surface area contributed by atoms with E-state index in [4.69, 9.17) is 9.47 Å². The highest BCUT2D eigenvalue weighted by Gasteiger charge is 2.33. The van der Waals surface area contributed by atoms with E-state index in [0.29, 0.717) is 13.2 Å². The van der Waals surface area contributed by atoms with Crippen LogP contribution in [0.4, 0.5) is 10.5 Å². The van der Waals surface area contributed by atoms with Crippen molar-refractivity contribution in [1.29, 1.82) is 0 Å². The highest BCUT2D eigenvalue weighted by atomic mass is 16.6. The summed E-state index contributed by atoms with van der Waals surface area (Å²) in [4.78, 5) is 14.0. The molecule has 0 bridgehead atoms. The zero-order valence-corrected chi connectivity index (χ0v) is 14.0. The van der Waals surface area contributed by atoms with E-state index in [1.807, 2.05) is 73.7 Å². The van der Waals surface area contributed by atoms with E-state index in [0.717, 1.165) is 27.8 Å². The Kier molecular flexibility index (Phi) is 4.02. The number of ether oxygens (including phenoxy) is 2. The lowest BCUT2D eigenvalue weighted by molar-refractivity contribution is 0.105. The normalized spacial score (nSPS) is 16.9. The summed E-state index contributed by atoms with van der Waals surface area (Å²) in [6, 6.07) is 21.8. The zero-order valence-electron chi connectivity index (χ0n) is 14.0. The van der Waals surface area contributed by atoms with Crippen LogP contribution in [0.1, 0.15) is 5.56 Å². The summed E-state index contributed by atoms with van der Waals surface area (Å²) < 4.78 is 11.3. The molecule has 3 aromatic carbocycles. The maximum Gasteiger partial charge on any atom is 0.414 e. The highest BCUT2D eigenvalue weighted by Crippen LogP contribution is 2.30. The number of benzene rings is 3. The number of aryl methyl sites for hydroxylation is 1. The molecule has 1 amide bonds. The second-order valence-corrected chi connectivity index (χ2v) is 6.19. The number of hydrogen-bond donors (Lipinski definition) is 0. The number of cyclic esters (lactones) is 1. The van der Waals surface area contributed by atoms with E-state index >= 15 is 0 Å². The molecule has 0 N–H and O–H groups in total. The number of fused-ring (bicyclic) bond motifs is 1. The standard InChI is InChI=1S/C21H19NO3/c1-15-7-2-5-12-20(15)24-14-17-13-22(21(23)25-17)19-11-6-9-16-8-3-4-10-18(16)19/h2-12,17H,13-14H2,1H3. The number of para-hydroxylation sites is 1. The third-order valence-electron chi connectivity index (χ3n) is 4.45. The van der Waals surface area contributed by atoms with Crippen LogP contribution in [0.5, 0.6) is 5.75 Å². The minimum Gasteiger partial charge on any atom is -0.489 e. The van der Waals surface area contributed by atoms with Crippen molar-refractivity contribution in [1.82, 2.24) is 0 Å². The summed E-state index contributed by atoms with van der Waals surface area (Å²) in [5, 5.41) is 2.15. The lowest BCUT2D eigenvalue weighted by Gasteiger charge is -2.16. The summed E-state index contributed by atoms with van der Waals surface area (Å²) in [7, 11) is 0. The third kappa shape index (κ3) is 3.03. The number of amides is 1. The molecule has 1 atom stereocenters. The Labute approximate surface area is 146 Å². The van der Waals surface area contributed by atoms with Crippen LogP contribution in [0.2, 0.25) is 0 Å². The Hall–Kier alpha value is -3.01. The second kappa shape index (κ2) is 6.48. The smallest absolute Gasteiger partial charge is 0.414 e. The van der Waals surface area contributed by atoms with Crippen LogP contribution in [0.15, 0.2) is 66.7 Å². The molecule has 4 heteroatoms. The Morgan fingerprint density at radius 2 is 1.80 bits per heavy atom. The van der Waals surface area contributed by atoms with Crippen molar-refractivity contribution in [3.63, 3.8) is 0 Å². The molecule has 1 fully saturated rings. The molecule has 0 spiro atoms. The molecule has 4 nitrogen and oxygen atoms in total. The zero-order chi connectivity index (χ0) is 17.2. The quantitative estimate of drug-likeness (QED) is 0.703. The Morgan fingerprint density at radius 3 is 2.68 bits per heavy atom. The number of rotatable bonds is 4. The molecule has 0 aliphatic carbocycles. The van der Waals surface area contributed by atoms with E-state index in [1.54, 1.807) is 4.90 Å². The maximum absolute atomic E-state index is 12.4. The monoisotopic (exact) mass is 333 g/mol. The van der Waals surface area contributed by atoms with Gasteiger partial charge >= 0.3 is 6.09 Å². The maximum atomic E-state index is 12.4. The predicted octanol–water partition coefficient (Wildman–Crippen LogP) is 4.55. The first-order valence-electron chi connectivity index (χ1n) is 8.37. The van der Waals surface area contributed by atoms with Crippen molar-refractivity contribution >= 4 is 22.6 Å². The van der Waals surface area contributed by atoms with E-state index in [2.05, 4.69) is 0 Å². The van der Waals surface area contributed by atoms with Gasteiger partial charge in [-0.1, -0.05) is 54.6 Å². The molecule has 4 rings (SSSR count). The topological polar surface area (TPSA) is 38.8 Å². The summed E-state index contributed by atoms with van der Waals surface area (Å²) >= 11 is 0. The summed E-state index contributed by atoms with van der Waals surface area (Å²) in [5.74, 6) is 0.821. The lowest BCUT2D eigenvalue weighted by Crippen LogP contribution is -2.26. The van der Waals surface area contributed by atoms with Gasteiger partial charge in [0.1, 0.15) is 12.4 Å². The summed E-state index contributed by atoms with van der Waals surface area (Å²) in [6.45, 7) is 2.83. The predicted molar refractivity (Wildman–Crippen MR) is 98.2 cm³/mol. The van der Waals surface area contributed by atoms with Gasteiger partial charge in [-0.3, -0.25) is 4.90 Å². The molecule has 1 aliphatic heterocycles. The van der Waals surface area contributed by atoms with Gasteiger partial charge in [-0.05, 0) is 30.0 Å². The van der Waals surface area contributed by atoms with Crippen molar-refractivity contribution in [2.75, 3.05) is 18.1 Å². The van der Waals surface area contributed by atoms with Gasteiger partial charge in [-0.2, -0.15) is 0 Å². The van der Waals surface area contributed by atoms with Crippen molar-refractivity contribution in [2.45, 2.75) is 13.0 Å². The fourth-order valence-electron chi connectivity index (χ4n) is 3.15. The molecule has 0 saturated carbocycles. The molecular formula is C21H19NO3. The molecule has 126 valence electrons. The fraction of sp³-hybridized carbons (Fsp3) is 0.190. The molecule has 25 heavy (non-hydrogen) atoms. The van der Waals surface area contributed by atoms with E-state index in [9.17, 15) is 4.79 Å². The number of nitrogens with zero attached hydrogens (tertiary/aromatic N) is 1. The average molecular weight is 333 g/mol. The lowest BCUT2D eigenvalue weighted by atomic mass is 10.1. The van der Waals surface area contributed by atoms with Crippen molar-refractivity contribution < 1.29 is 14.3 Å². The second-order valence-electron chi connectivity index (χ2n) is 6.19. The van der Waals surface area contributed by atoms with E-state index in [-0.39, 0.29) is 12.2 Å². The largest absolute Gasteiger partial charge is 0.489 e. The molecule has 1 aliphatic rings. The molecule has 1 heterocycles. The van der Waals surface area contributed by atoms with Gasteiger partial charge in [-0.25, -0.2) is 4.79 Å². The number of hydrogen-bond acceptors (Lipinski definition) is 3. The Morgan fingerprint density at radius 1 is 1.04 bits per heavy atom. The molecule has 1 saturated heterocycles. The van der Waals surface area contributed by atoms with Gasteiger partial charge in [0.05, 0.1) is 12.2 Å². The molecule has 1 unspecified atom stereocenters. The summed E-state index contributed by atoms with van der Waals surface area (Å²) in [5.41, 5.74) is 1.94. The van der Waals surface area contributed by atoms with Crippen molar-refractivity contribution in [3.8, 4) is 5.75 Å². The van der Waals surface area contributed by atoms with Gasteiger partial charge in [0.2, 0.25) is 0 Å². The Balaban J connectivity index is 1.51. The molecule has 3 aromatic rings. The number of anilines is 1. The third-order valence-corrected chi connectivity index (χ3v) is 4.45. The van der Waals surface area contributed by atoms with Gasteiger partial charge < -0.3 is 9.47 Å². The van der Waals surface area contributed by atoms with Crippen molar-refractivity contribution in [2.24, 2.45) is 0 Å². The minimum absolute atomic E-state index is 0.286. The molecule has 0 radical (unpaired) electrons. The first-order chi connectivity index (χ1) is 12.2. The van der Waals surface area contributed by atoms with Gasteiger partial charge in [0.25, 0.3) is 0 Å². The van der Waals surface area contributed by atoms with Crippen LogP contribution in [-0.4, -0.2) is 25.3 Å².